The molecule has 0 fully saturated rings. The molecule has 126 valence electrons. The van der Waals surface area contributed by atoms with Gasteiger partial charge in [0.05, 0.1) is 28.8 Å². The monoisotopic (exact) mass is 356 g/mol. The Balaban J connectivity index is 2.05. The normalized spacial score (nSPS) is 10.5. The van der Waals surface area contributed by atoms with Crippen LogP contribution in [0.4, 0.5) is 0 Å². The first-order chi connectivity index (χ1) is 12.0. The Bertz CT molecular complexity index is 974. The van der Waals surface area contributed by atoms with Gasteiger partial charge < -0.3 is 15.2 Å². The number of benzene rings is 2. The lowest BCUT2D eigenvalue weighted by molar-refractivity contribution is 0.0730. The molecule has 3 rings (SSSR count). The molecule has 0 aliphatic carbocycles. The van der Waals surface area contributed by atoms with Crippen LogP contribution >= 0.6 is 11.6 Å². The molecule has 7 heteroatoms. The fourth-order valence-corrected chi connectivity index (χ4v) is 2.61. The van der Waals surface area contributed by atoms with Crippen molar-refractivity contribution in [1.29, 1.82) is 0 Å². The first kappa shape index (κ1) is 16.7. The van der Waals surface area contributed by atoms with Crippen LogP contribution in [-0.2, 0) is 0 Å². The Morgan fingerprint density at radius 1 is 1.12 bits per heavy atom. The second-order valence-electron chi connectivity index (χ2n) is 5.13. The van der Waals surface area contributed by atoms with Crippen LogP contribution in [-0.4, -0.2) is 24.0 Å². The van der Waals surface area contributed by atoms with E-state index >= 15 is 0 Å². The lowest BCUT2D eigenvalue weighted by Crippen LogP contribution is -2.12. The third-order valence-corrected chi connectivity index (χ3v) is 3.97. The van der Waals surface area contributed by atoms with E-state index in [1.165, 1.54) is 19.4 Å². The van der Waals surface area contributed by atoms with E-state index in [1.54, 1.807) is 36.4 Å². The minimum Gasteiger partial charge on any atom is -0.493 e. The van der Waals surface area contributed by atoms with Gasteiger partial charge in [-0.15, -0.1) is 0 Å². The van der Waals surface area contributed by atoms with Crippen molar-refractivity contribution in [3.05, 3.63) is 64.8 Å². The van der Waals surface area contributed by atoms with E-state index < -0.39 is 11.9 Å². The summed E-state index contributed by atoms with van der Waals surface area (Å²) >= 11 is 6.22. The zero-order chi connectivity index (χ0) is 18.0. The number of hydrogen-bond acceptors (Lipinski definition) is 5. The molecule has 1 heterocycles. The molecule has 0 bridgehead atoms. The predicted octanol–water partition coefficient (Wildman–Crippen LogP) is 3.21. The standard InChI is InChI=1S/C18H13ClN2O4/c1-24-14-7-11-13(21-9-12(16(11)19)17(20)22)8-15(14)25-18(23)10-5-3-2-4-6-10/h2-9H,1H3,(H2,20,22). The second-order valence-corrected chi connectivity index (χ2v) is 5.50. The average molecular weight is 357 g/mol. The zero-order valence-corrected chi connectivity index (χ0v) is 13.9. The molecule has 0 radical (unpaired) electrons. The van der Waals surface area contributed by atoms with Gasteiger partial charge in [-0.2, -0.15) is 0 Å². The first-order valence-electron chi connectivity index (χ1n) is 7.24. The lowest BCUT2D eigenvalue weighted by Gasteiger charge is -2.12. The largest absolute Gasteiger partial charge is 0.493 e. The number of hydrogen-bond donors (Lipinski definition) is 1. The Morgan fingerprint density at radius 2 is 1.84 bits per heavy atom. The van der Waals surface area contributed by atoms with Crippen LogP contribution < -0.4 is 15.2 Å². The quantitative estimate of drug-likeness (QED) is 0.572. The number of methoxy groups -OCH3 is 1. The van der Waals surface area contributed by atoms with Crippen molar-refractivity contribution in [1.82, 2.24) is 4.98 Å². The highest BCUT2D eigenvalue weighted by Gasteiger charge is 2.17. The number of pyridine rings is 1. The van der Waals surface area contributed by atoms with E-state index in [0.29, 0.717) is 16.5 Å². The second kappa shape index (κ2) is 6.78. The summed E-state index contributed by atoms with van der Waals surface area (Å²) in [5, 5.41) is 0.631. The van der Waals surface area contributed by atoms with Gasteiger partial charge in [0.25, 0.3) is 5.91 Å². The Hall–Kier alpha value is -3.12. The van der Waals surface area contributed by atoms with Gasteiger partial charge in [0.1, 0.15) is 0 Å². The SMILES string of the molecule is COc1cc2c(Cl)c(C(N)=O)cnc2cc1OC(=O)c1ccccc1. The zero-order valence-electron chi connectivity index (χ0n) is 13.2. The number of nitrogens with two attached hydrogens (primary N) is 1. The number of halogens is 1. The Labute approximate surface area is 148 Å². The van der Waals surface area contributed by atoms with Crippen LogP contribution in [0, 0.1) is 0 Å². The van der Waals surface area contributed by atoms with E-state index in [4.69, 9.17) is 26.8 Å². The highest BCUT2D eigenvalue weighted by Crippen LogP contribution is 2.36. The molecule has 25 heavy (non-hydrogen) atoms. The van der Waals surface area contributed by atoms with Crippen molar-refractivity contribution >= 4 is 34.4 Å². The van der Waals surface area contributed by atoms with Gasteiger partial charge >= 0.3 is 5.97 Å². The molecule has 2 N–H and O–H groups in total. The van der Waals surface area contributed by atoms with Gasteiger partial charge in [-0.05, 0) is 18.2 Å². The highest BCUT2D eigenvalue weighted by atomic mass is 35.5. The maximum absolute atomic E-state index is 12.2. The van der Waals surface area contributed by atoms with E-state index in [0.717, 1.165) is 0 Å². The number of rotatable bonds is 4. The van der Waals surface area contributed by atoms with Gasteiger partial charge in [-0.25, -0.2) is 4.79 Å². The van der Waals surface area contributed by atoms with Gasteiger partial charge in [0.2, 0.25) is 0 Å². The maximum Gasteiger partial charge on any atom is 0.343 e. The third kappa shape index (κ3) is 3.25. The summed E-state index contributed by atoms with van der Waals surface area (Å²) in [6.45, 7) is 0. The number of nitrogens with zero attached hydrogens (tertiary/aromatic N) is 1. The van der Waals surface area contributed by atoms with Crippen LogP contribution in [0.5, 0.6) is 11.5 Å². The molecule has 0 atom stereocenters. The Kier molecular flexibility index (Phi) is 4.54. The molecule has 0 spiro atoms. The van der Waals surface area contributed by atoms with Crippen LogP contribution in [0.25, 0.3) is 10.9 Å². The number of carbonyl (C=O) groups is 2. The maximum atomic E-state index is 12.2. The highest BCUT2D eigenvalue weighted by molar-refractivity contribution is 6.38. The molecule has 3 aromatic rings. The summed E-state index contributed by atoms with van der Waals surface area (Å²) in [6.07, 6.45) is 1.28. The number of ether oxygens (including phenoxy) is 2. The third-order valence-electron chi connectivity index (χ3n) is 3.57. The first-order valence-corrected chi connectivity index (χ1v) is 7.62. The minimum absolute atomic E-state index is 0.102. The van der Waals surface area contributed by atoms with Crippen LogP contribution in [0.3, 0.4) is 0 Å². The molecule has 0 aliphatic heterocycles. The summed E-state index contributed by atoms with van der Waals surface area (Å²) in [5.74, 6) is -0.739. The fourth-order valence-electron chi connectivity index (χ4n) is 2.31. The number of carbonyl (C=O) groups excluding carboxylic acids is 2. The van der Waals surface area contributed by atoms with Crippen molar-refractivity contribution in [2.24, 2.45) is 5.73 Å². The molecule has 0 aliphatic rings. The number of esters is 1. The number of aromatic nitrogens is 1. The summed E-state index contributed by atoms with van der Waals surface area (Å²) in [7, 11) is 1.43. The van der Waals surface area contributed by atoms with Crippen molar-refractivity contribution < 1.29 is 19.1 Å². The van der Waals surface area contributed by atoms with Crippen molar-refractivity contribution in [3.8, 4) is 11.5 Å². The van der Waals surface area contributed by atoms with E-state index in [1.807, 2.05) is 0 Å². The topological polar surface area (TPSA) is 91.5 Å². The lowest BCUT2D eigenvalue weighted by atomic mass is 10.1. The molecule has 0 saturated carbocycles. The van der Waals surface area contributed by atoms with Gasteiger partial charge in [-0.3, -0.25) is 9.78 Å². The average Bonchev–Trinajstić information content (AvgIpc) is 2.62. The van der Waals surface area contributed by atoms with Gasteiger partial charge in [-0.1, -0.05) is 29.8 Å². The van der Waals surface area contributed by atoms with Crippen molar-refractivity contribution in [2.45, 2.75) is 0 Å². The minimum atomic E-state index is -0.682. The molecule has 1 aromatic heterocycles. The summed E-state index contributed by atoms with van der Waals surface area (Å²) in [4.78, 5) is 27.8. The van der Waals surface area contributed by atoms with E-state index in [2.05, 4.69) is 4.98 Å². The predicted molar refractivity (Wildman–Crippen MR) is 93.2 cm³/mol. The molecule has 6 nitrogen and oxygen atoms in total. The van der Waals surface area contributed by atoms with Gasteiger partial charge in [0, 0.05) is 17.6 Å². The molecule has 2 aromatic carbocycles. The summed E-state index contributed by atoms with van der Waals surface area (Å²) in [5.41, 5.74) is 6.21. The Morgan fingerprint density at radius 3 is 2.48 bits per heavy atom. The number of primary amides is 1. The van der Waals surface area contributed by atoms with E-state index in [9.17, 15) is 9.59 Å². The summed E-state index contributed by atoms with van der Waals surface area (Å²) < 4.78 is 10.7. The molecule has 0 saturated heterocycles. The fraction of sp³-hybridized carbons (Fsp3) is 0.0556. The number of amides is 1. The summed E-state index contributed by atoms with van der Waals surface area (Å²) in [6, 6.07) is 11.6. The van der Waals surface area contributed by atoms with Crippen LogP contribution in [0.1, 0.15) is 20.7 Å². The molecular weight excluding hydrogens is 344 g/mol. The molecular formula is C18H13ClN2O4. The van der Waals surface area contributed by atoms with E-state index in [-0.39, 0.29) is 22.1 Å². The smallest absolute Gasteiger partial charge is 0.343 e. The number of fused-ring (bicyclic) bond motifs is 1. The van der Waals surface area contributed by atoms with Crippen LogP contribution in [0.15, 0.2) is 48.7 Å². The molecule has 0 unspecified atom stereocenters. The van der Waals surface area contributed by atoms with Crippen LogP contribution in [0.2, 0.25) is 5.02 Å². The van der Waals surface area contributed by atoms with Gasteiger partial charge in [0.15, 0.2) is 11.5 Å². The molecule has 1 amide bonds. The van der Waals surface area contributed by atoms with Crippen molar-refractivity contribution in [3.63, 3.8) is 0 Å². The van der Waals surface area contributed by atoms with Crippen molar-refractivity contribution in [2.75, 3.05) is 7.11 Å².